The Bertz CT molecular complexity index is 636. The van der Waals surface area contributed by atoms with E-state index < -0.39 is 0 Å². The summed E-state index contributed by atoms with van der Waals surface area (Å²) in [6.45, 7) is 2.49. The molecule has 0 saturated carbocycles. The van der Waals surface area contributed by atoms with Crippen LogP contribution in [0.25, 0.3) is 0 Å². The first kappa shape index (κ1) is 14.6. The van der Waals surface area contributed by atoms with Crippen LogP contribution in [0, 0.1) is 0 Å². The zero-order valence-electron chi connectivity index (χ0n) is 11.7. The molecule has 2 rings (SSSR count). The van der Waals surface area contributed by atoms with E-state index in [9.17, 15) is 4.79 Å². The van der Waals surface area contributed by atoms with Gasteiger partial charge in [-0.15, -0.1) is 0 Å². The first-order valence-electron chi connectivity index (χ1n) is 6.61. The molecule has 0 atom stereocenters. The van der Waals surface area contributed by atoms with Crippen molar-refractivity contribution in [2.75, 3.05) is 12.3 Å². The van der Waals surface area contributed by atoms with Crippen molar-refractivity contribution in [1.29, 1.82) is 0 Å². The first-order valence-corrected chi connectivity index (χ1v) is 6.61. The second kappa shape index (κ2) is 7.09. The van der Waals surface area contributed by atoms with Crippen LogP contribution in [-0.2, 0) is 0 Å². The van der Waals surface area contributed by atoms with Gasteiger partial charge in [0, 0.05) is 16.8 Å². The minimum absolute atomic E-state index is 0.292. The lowest BCUT2D eigenvalue weighted by molar-refractivity contribution is 0.0955. The fraction of sp³-hybridized carbons (Fsp3) is 0.125. The van der Waals surface area contributed by atoms with Crippen molar-refractivity contribution >= 4 is 17.8 Å². The highest BCUT2D eigenvalue weighted by Crippen LogP contribution is 2.15. The summed E-state index contributed by atoms with van der Waals surface area (Å²) in [7, 11) is 0. The Balaban J connectivity index is 2.02. The van der Waals surface area contributed by atoms with Gasteiger partial charge in [0.15, 0.2) is 0 Å². The van der Waals surface area contributed by atoms with Crippen LogP contribution in [-0.4, -0.2) is 18.7 Å². The number of hydrazone groups is 1. The predicted molar refractivity (Wildman–Crippen MR) is 83.5 cm³/mol. The van der Waals surface area contributed by atoms with Crippen LogP contribution < -0.4 is 15.9 Å². The average molecular weight is 283 g/mol. The number of nitrogens with one attached hydrogen (secondary N) is 1. The number of amides is 1. The molecule has 0 aromatic heterocycles. The number of hydrogen-bond donors (Lipinski definition) is 2. The summed E-state index contributed by atoms with van der Waals surface area (Å²) >= 11 is 0. The molecule has 3 N–H and O–H groups in total. The van der Waals surface area contributed by atoms with Gasteiger partial charge in [0.2, 0.25) is 0 Å². The van der Waals surface area contributed by atoms with Crippen molar-refractivity contribution in [1.82, 2.24) is 5.43 Å². The van der Waals surface area contributed by atoms with Gasteiger partial charge < -0.3 is 10.5 Å². The van der Waals surface area contributed by atoms with E-state index in [1.54, 1.807) is 30.5 Å². The number of carbonyl (C=O) groups excluding carboxylic acids is 1. The highest BCUT2D eigenvalue weighted by Gasteiger charge is 2.03. The maximum atomic E-state index is 11.9. The molecule has 21 heavy (non-hydrogen) atoms. The third kappa shape index (κ3) is 4.07. The van der Waals surface area contributed by atoms with Crippen molar-refractivity contribution in [3.05, 3.63) is 59.7 Å². The molecule has 0 aliphatic heterocycles. The normalized spacial score (nSPS) is 10.5. The van der Waals surface area contributed by atoms with E-state index in [0.29, 0.717) is 17.9 Å². The number of nitrogens with zero attached hydrogens (tertiary/aromatic N) is 1. The zero-order valence-corrected chi connectivity index (χ0v) is 11.7. The molecule has 1 amide bonds. The van der Waals surface area contributed by atoms with E-state index >= 15 is 0 Å². The summed E-state index contributed by atoms with van der Waals surface area (Å²) in [5.41, 5.74) is 9.96. The number of para-hydroxylation sites is 1. The van der Waals surface area contributed by atoms with E-state index in [4.69, 9.17) is 10.5 Å². The lowest BCUT2D eigenvalue weighted by Gasteiger charge is -2.05. The molecular formula is C16H17N3O2. The van der Waals surface area contributed by atoms with Gasteiger partial charge in [0.1, 0.15) is 5.75 Å². The molecule has 0 saturated heterocycles. The van der Waals surface area contributed by atoms with Crippen LogP contribution in [0.3, 0.4) is 0 Å². The number of hydrogen-bond acceptors (Lipinski definition) is 4. The Hall–Kier alpha value is -2.82. The monoisotopic (exact) mass is 283 g/mol. The number of anilines is 1. The Morgan fingerprint density at radius 2 is 1.95 bits per heavy atom. The molecule has 2 aromatic rings. The molecule has 5 heteroatoms. The van der Waals surface area contributed by atoms with Crippen molar-refractivity contribution in [2.24, 2.45) is 5.10 Å². The fourth-order valence-electron chi connectivity index (χ4n) is 1.73. The van der Waals surface area contributed by atoms with Crippen molar-refractivity contribution in [3.8, 4) is 5.75 Å². The van der Waals surface area contributed by atoms with Gasteiger partial charge in [-0.1, -0.05) is 12.1 Å². The highest BCUT2D eigenvalue weighted by molar-refractivity contribution is 5.95. The number of benzene rings is 2. The van der Waals surface area contributed by atoms with Crippen LogP contribution in [0.4, 0.5) is 5.69 Å². The molecular weight excluding hydrogens is 266 g/mol. The lowest BCUT2D eigenvalue weighted by Crippen LogP contribution is -2.17. The largest absolute Gasteiger partial charge is 0.493 e. The van der Waals surface area contributed by atoms with Crippen LogP contribution >= 0.6 is 0 Å². The molecule has 0 aliphatic carbocycles. The molecule has 0 fully saturated rings. The third-order valence-electron chi connectivity index (χ3n) is 2.76. The van der Waals surface area contributed by atoms with Gasteiger partial charge in [0.05, 0.1) is 12.8 Å². The van der Waals surface area contributed by atoms with Crippen LogP contribution in [0.2, 0.25) is 0 Å². The van der Waals surface area contributed by atoms with Crippen molar-refractivity contribution in [3.63, 3.8) is 0 Å². The number of nitrogens with two attached hydrogens (primary N) is 1. The Labute approximate surface area is 123 Å². The van der Waals surface area contributed by atoms with Crippen LogP contribution in [0.1, 0.15) is 22.8 Å². The lowest BCUT2D eigenvalue weighted by atomic mass is 10.2. The minimum atomic E-state index is -0.292. The van der Waals surface area contributed by atoms with E-state index in [0.717, 1.165) is 11.3 Å². The van der Waals surface area contributed by atoms with E-state index in [-0.39, 0.29) is 5.91 Å². The SMILES string of the molecule is CCOc1ccccc1/C=N/NC(=O)c1ccc(N)cc1. The molecule has 0 aliphatic rings. The summed E-state index contributed by atoms with van der Waals surface area (Å²) < 4.78 is 5.47. The summed E-state index contributed by atoms with van der Waals surface area (Å²) in [6, 6.07) is 14.1. The maximum absolute atomic E-state index is 11.9. The van der Waals surface area contributed by atoms with Gasteiger partial charge in [0.25, 0.3) is 5.91 Å². The number of ether oxygens (including phenoxy) is 1. The maximum Gasteiger partial charge on any atom is 0.271 e. The summed E-state index contributed by atoms with van der Waals surface area (Å²) in [5, 5.41) is 3.95. The quantitative estimate of drug-likeness (QED) is 0.502. The number of carbonyl (C=O) groups is 1. The van der Waals surface area contributed by atoms with Crippen LogP contribution in [0.5, 0.6) is 5.75 Å². The fourth-order valence-corrected chi connectivity index (χ4v) is 1.73. The third-order valence-corrected chi connectivity index (χ3v) is 2.76. The van der Waals surface area contributed by atoms with Gasteiger partial charge in [-0.2, -0.15) is 5.10 Å². The van der Waals surface area contributed by atoms with Gasteiger partial charge in [-0.25, -0.2) is 5.43 Å². The Morgan fingerprint density at radius 1 is 1.24 bits per heavy atom. The molecule has 0 heterocycles. The van der Waals surface area contributed by atoms with E-state index in [1.807, 2.05) is 31.2 Å². The van der Waals surface area contributed by atoms with Crippen molar-refractivity contribution in [2.45, 2.75) is 6.92 Å². The summed E-state index contributed by atoms with van der Waals surface area (Å²) in [4.78, 5) is 11.9. The number of nitrogen functional groups attached to an aromatic ring is 1. The standard InChI is InChI=1S/C16H17N3O2/c1-2-21-15-6-4-3-5-13(15)11-18-19-16(20)12-7-9-14(17)10-8-12/h3-11H,2,17H2,1H3,(H,19,20)/b18-11+. The van der Waals surface area contributed by atoms with Gasteiger partial charge >= 0.3 is 0 Å². The molecule has 0 spiro atoms. The first-order chi connectivity index (χ1) is 10.2. The zero-order chi connectivity index (χ0) is 15.1. The molecule has 0 unspecified atom stereocenters. The predicted octanol–water partition coefficient (Wildman–Crippen LogP) is 2.43. The molecule has 108 valence electrons. The molecule has 5 nitrogen and oxygen atoms in total. The summed E-state index contributed by atoms with van der Waals surface area (Å²) in [6.07, 6.45) is 1.56. The van der Waals surface area contributed by atoms with Gasteiger partial charge in [-0.3, -0.25) is 4.79 Å². The second-order valence-electron chi connectivity index (χ2n) is 4.29. The molecule has 0 radical (unpaired) electrons. The molecule has 2 aromatic carbocycles. The van der Waals surface area contributed by atoms with E-state index in [1.165, 1.54) is 0 Å². The van der Waals surface area contributed by atoms with E-state index in [2.05, 4.69) is 10.5 Å². The Kier molecular flexibility index (Phi) is 4.93. The highest BCUT2D eigenvalue weighted by atomic mass is 16.5. The Morgan fingerprint density at radius 3 is 2.67 bits per heavy atom. The van der Waals surface area contributed by atoms with Crippen LogP contribution in [0.15, 0.2) is 53.6 Å². The number of rotatable bonds is 5. The van der Waals surface area contributed by atoms with Gasteiger partial charge in [-0.05, 0) is 43.3 Å². The minimum Gasteiger partial charge on any atom is -0.493 e. The summed E-state index contributed by atoms with van der Waals surface area (Å²) in [5.74, 6) is 0.436. The average Bonchev–Trinajstić information content (AvgIpc) is 2.50. The smallest absolute Gasteiger partial charge is 0.271 e. The topological polar surface area (TPSA) is 76.7 Å². The molecule has 0 bridgehead atoms. The van der Waals surface area contributed by atoms with Crippen molar-refractivity contribution < 1.29 is 9.53 Å². The second-order valence-corrected chi connectivity index (χ2v) is 4.29.